The summed E-state index contributed by atoms with van der Waals surface area (Å²) in [4.78, 5) is 2.57. The Morgan fingerprint density at radius 1 is 1.11 bits per heavy atom. The smallest absolute Gasteiger partial charge is 0.240 e. The van der Waals surface area contributed by atoms with Crippen LogP contribution in [0.1, 0.15) is 30.6 Å². The molecular weight excluding hydrogens is 360 g/mol. The zero-order chi connectivity index (χ0) is 19.1. The molecule has 0 spiro atoms. The van der Waals surface area contributed by atoms with Crippen molar-refractivity contribution in [2.75, 3.05) is 32.8 Å². The highest BCUT2D eigenvalue weighted by atomic mass is 32.2. The first-order chi connectivity index (χ1) is 13.1. The molecule has 1 aliphatic heterocycles. The van der Waals surface area contributed by atoms with E-state index in [1.165, 1.54) is 0 Å². The van der Waals surface area contributed by atoms with Gasteiger partial charge < -0.3 is 4.74 Å². The lowest BCUT2D eigenvalue weighted by atomic mass is 10.1. The summed E-state index contributed by atoms with van der Waals surface area (Å²) in [6.45, 7) is 5.42. The first kappa shape index (κ1) is 20.0. The Kier molecular flexibility index (Phi) is 7.01. The summed E-state index contributed by atoms with van der Waals surface area (Å²) in [7, 11) is -3.47. The van der Waals surface area contributed by atoms with E-state index in [0.29, 0.717) is 24.6 Å². The van der Waals surface area contributed by atoms with Crippen LogP contribution in [0.2, 0.25) is 0 Å². The number of morpholine rings is 1. The summed E-state index contributed by atoms with van der Waals surface area (Å²) in [5.74, 6) is 0. The quantitative estimate of drug-likeness (QED) is 0.755. The number of rotatable bonds is 8. The molecular formula is C21H28N2O3S. The lowest BCUT2D eigenvalue weighted by Gasteiger charge is -2.33. The molecule has 5 nitrogen and oxygen atoms in total. The summed E-state index contributed by atoms with van der Waals surface area (Å²) < 4.78 is 33.5. The van der Waals surface area contributed by atoms with Gasteiger partial charge in [0.2, 0.25) is 10.0 Å². The minimum absolute atomic E-state index is 0.0441. The maximum Gasteiger partial charge on any atom is 0.240 e. The fraction of sp³-hybridized carbons (Fsp3) is 0.429. The summed E-state index contributed by atoms with van der Waals surface area (Å²) >= 11 is 0. The summed E-state index contributed by atoms with van der Waals surface area (Å²) in [5, 5.41) is 0. The second-order valence-corrected chi connectivity index (χ2v) is 8.63. The van der Waals surface area contributed by atoms with Gasteiger partial charge in [0.25, 0.3) is 0 Å². The van der Waals surface area contributed by atoms with Gasteiger partial charge in [0.1, 0.15) is 0 Å². The highest BCUT2D eigenvalue weighted by molar-refractivity contribution is 7.89. The van der Waals surface area contributed by atoms with Crippen LogP contribution in [0.4, 0.5) is 0 Å². The van der Waals surface area contributed by atoms with Crippen molar-refractivity contribution in [3.8, 4) is 0 Å². The standard InChI is InChI=1S/C21H28N2O3S/c1-2-6-18-9-11-20(12-10-18)27(24,25)22-13-14-23-15-16-26-21(17-23)19-7-4-3-5-8-19/h3-5,7-12,21-22H,2,6,13-17H2,1H3/t21-/m0/s1. The molecule has 2 aromatic carbocycles. The van der Waals surface area contributed by atoms with Crippen molar-refractivity contribution < 1.29 is 13.2 Å². The molecule has 1 N–H and O–H groups in total. The number of nitrogens with zero attached hydrogens (tertiary/aromatic N) is 1. The first-order valence-electron chi connectivity index (χ1n) is 9.56. The lowest BCUT2D eigenvalue weighted by molar-refractivity contribution is -0.0291. The molecule has 0 radical (unpaired) electrons. The average molecular weight is 389 g/mol. The molecule has 1 aliphatic rings. The average Bonchev–Trinajstić information content (AvgIpc) is 2.69. The van der Waals surface area contributed by atoms with Gasteiger partial charge in [0, 0.05) is 26.2 Å². The van der Waals surface area contributed by atoms with E-state index in [1.54, 1.807) is 12.1 Å². The highest BCUT2D eigenvalue weighted by Crippen LogP contribution is 2.21. The molecule has 1 fully saturated rings. The van der Waals surface area contributed by atoms with Crippen molar-refractivity contribution in [2.45, 2.75) is 30.8 Å². The zero-order valence-electron chi connectivity index (χ0n) is 15.8. The Morgan fingerprint density at radius 2 is 1.85 bits per heavy atom. The van der Waals surface area contributed by atoms with E-state index in [1.807, 2.05) is 30.3 Å². The van der Waals surface area contributed by atoms with Gasteiger partial charge >= 0.3 is 0 Å². The monoisotopic (exact) mass is 388 g/mol. The molecule has 0 aromatic heterocycles. The number of benzene rings is 2. The van der Waals surface area contributed by atoms with E-state index in [2.05, 4.69) is 28.7 Å². The molecule has 0 aliphatic carbocycles. The van der Waals surface area contributed by atoms with Gasteiger partial charge in [-0.3, -0.25) is 4.90 Å². The van der Waals surface area contributed by atoms with Crippen molar-refractivity contribution in [3.63, 3.8) is 0 Å². The van der Waals surface area contributed by atoms with Crippen LogP contribution in [-0.2, 0) is 21.2 Å². The van der Waals surface area contributed by atoms with Crippen LogP contribution in [0.25, 0.3) is 0 Å². The van der Waals surface area contributed by atoms with Crippen LogP contribution < -0.4 is 4.72 Å². The van der Waals surface area contributed by atoms with Crippen LogP contribution in [-0.4, -0.2) is 46.1 Å². The fourth-order valence-electron chi connectivity index (χ4n) is 3.32. The van der Waals surface area contributed by atoms with Gasteiger partial charge in [-0.2, -0.15) is 0 Å². The highest BCUT2D eigenvalue weighted by Gasteiger charge is 2.22. The SMILES string of the molecule is CCCc1ccc(S(=O)(=O)NCCN2CCO[C@H](c3ccccc3)C2)cc1. The second kappa shape index (κ2) is 9.46. The third kappa shape index (κ3) is 5.62. The predicted octanol–water partition coefficient (Wildman–Crippen LogP) is 2.99. The van der Waals surface area contributed by atoms with Crippen molar-refractivity contribution >= 4 is 10.0 Å². The van der Waals surface area contributed by atoms with Crippen molar-refractivity contribution in [2.24, 2.45) is 0 Å². The maximum absolute atomic E-state index is 12.5. The number of sulfonamides is 1. The van der Waals surface area contributed by atoms with E-state index >= 15 is 0 Å². The van der Waals surface area contributed by atoms with E-state index in [-0.39, 0.29) is 6.10 Å². The molecule has 0 unspecified atom stereocenters. The Morgan fingerprint density at radius 3 is 2.56 bits per heavy atom. The number of hydrogen-bond donors (Lipinski definition) is 1. The Labute approximate surface area is 162 Å². The minimum Gasteiger partial charge on any atom is -0.371 e. The topological polar surface area (TPSA) is 58.6 Å². The molecule has 2 aromatic rings. The maximum atomic E-state index is 12.5. The molecule has 3 rings (SSSR count). The number of aryl methyl sites for hydroxylation is 1. The van der Waals surface area contributed by atoms with Crippen LogP contribution >= 0.6 is 0 Å². The third-order valence-corrected chi connectivity index (χ3v) is 6.29. The van der Waals surface area contributed by atoms with Crippen molar-refractivity contribution in [1.29, 1.82) is 0 Å². The molecule has 0 bridgehead atoms. The molecule has 146 valence electrons. The van der Waals surface area contributed by atoms with Crippen LogP contribution in [0.5, 0.6) is 0 Å². The summed E-state index contributed by atoms with van der Waals surface area (Å²) in [5.41, 5.74) is 2.33. The Balaban J connectivity index is 1.51. The molecule has 0 amide bonds. The molecule has 1 atom stereocenters. The van der Waals surface area contributed by atoms with E-state index in [9.17, 15) is 8.42 Å². The number of ether oxygens (including phenoxy) is 1. The van der Waals surface area contributed by atoms with Gasteiger partial charge in [-0.15, -0.1) is 0 Å². The van der Waals surface area contributed by atoms with Crippen molar-refractivity contribution in [1.82, 2.24) is 9.62 Å². The van der Waals surface area contributed by atoms with E-state index < -0.39 is 10.0 Å². The van der Waals surface area contributed by atoms with Gasteiger partial charge in [-0.05, 0) is 29.7 Å². The van der Waals surface area contributed by atoms with Gasteiger partial charge in [0.15, 0.2) is 0 Å². The molecule has 1 heterocycles. The van der Waals surface area contributed by atoms with Crippen molar-refractivity contribution in [3.05, 3.63) is 65.7 Å². The van der Waals surface area contributed by atoms with Gasteiger partial charge in [0.05, 0.1) is 17.6 Å². The molecule has 1 saturated heterocycles. The normalized spacial score (nSPS) is 18.5. The summed E-state index contributed by atoms with van der Waals surface area (Å²) in [6, 6.07) is 17.3. The third-order valence-electron chi connectivity index (χ3n) is 4.81. The Bertz CT molecular complexity index is 807. The summed E-state index contributed by atoms with van der Waals surface area (Å²) in [6.07, 6.45) is 2.06. The fourth-order valence-corrected chi connectivity index (χ4v) is 4.34. The van der Waals surface area contributed by atoms with E-state index in [0.717, 1.165) is 37.1 Å². The van der Waals surface area contributed by atoms with Crippen LogP contribution in [0.15, 0.2) is 59.5 Å². The lowest BCUT2D eigenvalue weighted by Crippen LogP contribution is -2.42. The predicted molar refractivity (Wildman–Crippen MR) is 107 cm³/mol. The first-order valence-corrected chi connectivity index (χ1v) is 11.0. The molecule has 0 saturated carbocycles. The van der Waals surface area contributed by atoms with Crippen LogP contribution in [0.3, 0.4) is 0 Å². The second-order valence-electron chi connectivity index (χ2n) is 6.86. The van der Waals surface area contributed by atoms with E-state index in [4.69, 9.17) is 4.74 Å². The molecule has 27 heavy (non-hydrogen) atoms. The Hall–Kier alpha value is -1.73. The largest absolute Gasteiger partial charge is 0.371 e. The number of hydrogen-bond acceptors (Lipinski definition) is 4. The van der Waals surface area contributed by atoms with Gasteiger partial charge in [-0.1, -0.05) is 55.8 Å². The number of nitrogens with one attached hydrogen (secondary N) is 1. The van der Waals surface area contributed by atoms with Crippen LogP contribution in [0, 0.1) is 0 Å². The zero-order valence-corrected chi connectivity index (χ0v) is 16.6. The minimum atomic E-state index is -3.47. The molecule has 6 heteroatoms. The van der Waals surface area contributed by atoms with Gasteiger partial charge in [-0.25, -0.2) is 13.1 Å².